The van der Waals surface area contributed by atoms with Gasteiger partial charge in [0, 0.05) is 35.8 Å². The van der Waals surface area contributed by atoms with Crippen molar-refractivity contribution in [3.8, 4) is 0 Å². The Labute approximate surface area is 130 Å². The summed E-state index contributed by atoms with van der Waals surface area (Å²) in [5, 5.41) is 13.5. The number of halogens is 1. The molecule has 0 bridgehead atoms. The van der Waals surface area contributed by atoms with Crippen LogP contribution in [0.2, 0.25) is 0 Å². The van der Waals surface area contributed by atoms with Gasteiger partial charge in [0.25, 0.3) is 0 Å². The maximum absolute atomic E-state index is 9.99. The van der Waals surface area contributed by atoms with E-state index in [-0.39, 0.29) is 0 Å². The Hall–Kier alpha value is -0.580. The molecule has 1 aliphatic rings. The molecule has 0 heterocycles. The van der Waals surface area contributed by atoms with Crippen LogP contribution in [0.1, 0.15) is 39.2 Å². The van der Waals surface area contributed by atoms with Crippen LogP contribution in [-0.4, -0.2) is 29.8 Å². The molecule has 1 aliphatic carbocycles. The van der Waals surface area contributed by atoms with Crippen molar-refractivity contribution < 1.29 is 5.11 Å². The van der Waals surface area contributed by atoms with Crippen molar-refractivity contribution in [1.29, 1.82) is 0 Å². The van der Waals surface area contributed by atoms with E-state index in [2.05, 4.69) is 51.3 Å². The first-order valence-corrected chi connectivity index (χ1v) is 8.17. The van der Waals surface area contributed by atoms with Crippen molar-refractivity contribution in [3.05, 3.63) is 28.2 Å². The van der Waals surface area contributed by atoms with Crippen molar-refractivity contribution in [1.82, 2.24) is 5.32 Å². The number of hydrogen-bond acceptors (Lipinski definition) is 3. The van der Waals surface area contributed by atoms with E-state index >= 15 is 0 Å². The minimum Gasteiger partial charge on any atom is -0.389 e. The number of rotatable bonds is 7. The van der Waals surface area contributed by atoms with E-state index in [1.54, 1.807) is 0 Å². The van der Waals surface area contributed by atoms with Crippen molar-refractivity contribution >= 4 is 21.6 Å². The summed E-state index contributed by atoms with van der Waals surface area (Å²) in [6.07, 6.45) is 2.62. The van der Waals surface area contributed by atoms with Gasteiger partial charge in [-0.2, -0.15) is 0 Å². The summed E-state index contributed by atoms with van der Waals surface area (Å²) < 4.78 is 1.14. The topological polar surface area (TPSA) is 35.5 Å². The average Bonchev–Trinajstić information content (AvgIpc) is 3.17. The Bertz CT molecular complexity index is 452. The van der Waals surface area contributed by atoms with Crippen LogP contribution in [0.4, 0.5) is 5.69 Å². The van der Waals surface area contributed by atoms with Gasteiger partial charge in [0.1, 0.15) is 0 Å². The molecule has 0 aromatic heterocycles. The molecule has 1 aromatic carbocycles. The summed E-state index contributed by atoms with van der Waals surface area (Å²) in [5.74, 6) is 0. The van der Waals surface area contributed by atoms with Crippen molar-refractivity contribution in [2.24, 2.45) is 0 Å². The normalized spacial score (nSPS) is 15.4. The molecule has 0 amide bonds. The molecule has 112 valence electrons. The second-order valence-electron chi connectivity index (χ2n) is 6.26. The fourth-order valence-corrected chi connectivity index (χ4v) is 2.78. The van der Waals surface area contributed by atoms with E-state index in [0.717, 1.165) is 29.3 Å². The molecule has 0 saturated heterocycles. The van der Waals surface area contributed by atoms with Crippen LogP contribution in [0.3, 0.4) is 0 Å². The molecule has 2 rings (SSSR count). The highest BCUT2D eigenvalue weighted by Gasteiger charge is 2.21. The van der Waals surface area contributed by atoms with E-state index in [0.29, 0.717) is 6.54 Å². The molecule has 0 aliphatic heterocycles. The fraction of sp³-hybridized carbons (Fsp3) is 0.625. The quantitative estimate of drug-likeness (QED) is 0.799. The van der Waals surface area contributed by atoms with Gasteiger partial charge in [-0.1, -0.05) is 22.0 Å². The standard InChI is InChI=1S/C16H25BrN2O/c1-4-19(11-16(2,3)20)14-8-5-12(15(17)9-14)10-18-13-6-7-13/h5,8-9,13,18,20H,4,6-7,10-11H2,1-3H3. The summed E-state index contributed by atoms with van der Waals surface area (Å²) in [6.45, 7) is 8.24. The number of hydrogen-bond donors (Lipinski definition) is 2. The Morgan fingerprint density at radius 2 is 2.10 bits per heavy atom. The Morgan fingerprint density at radius 1 is 1.40 bits per heavy atom. The lowest BCUT2D eigenvalue weighted by Gasteiger charge is -2.30. The zero-order valence-corrected chi connectivity index (χ0v) is 14.2. The van der Waals surface area contributed by atoms with Crippen LogP contribution in [0.25, 0.3) is 0 Å². The Morgan fingerprint density at radius 3 is 2.60 bits per heavy atom. The third-order valence-electron chi connectivity index (χ3n) is 3.52. The lowest BCUT2D eigenvalue weighted by molar-refractivity contribution is 0.0876. The SMILES string of the molecule is CCN(CC(C)(C)O)c1ccc(CNC2CC2)c(Br)c1. The van der Waals surface area contributed by atoms with E-state index < -0.39 is 5.60 Å². The molecule has 0 radical (unpaired) electrons. The van der Waals surface area contributed by atoms with Gasteiger partial charge in [-0.25, -0.2) is 0 Å². The van der Waals surface area contributed by atoms with Gasteiger partial charge < -0.3 is 15.3 Å². The molecule has 0 atom stereocenters. The molecule has 1 fully saturated rings. The van der Waals surface area contributed by atoms with E-state index in [1.165, 1.54) is 18.4 Å². The first-order valence-electron chi connectivity index (χ1n) is 7.38. The van der Waals surface area contributed by atoms with Crippen molar-refractivity contribution in [2.75, 3.05) is 18.0 Å². The van der Waals surface area contributed by atoms with E-state index in [1.807, 2.05) is 13.8 Å². The summed E-state index contributed by atoms with van der Waals surface area (Å²) in [7, 11) is 0. The molecule has 20 heavy (non-hydrogen) atoms. The molecule has 0 spiro atoms. The number of anilines is 1. The third kappa shape index (κ3) is 4.76. The summed E-state index contributed by atoms with van der Waals surface area (Å²) in [5.41, 5.74) is 1.76. The fourth-order valence-electron chi connectivity index (χ4n) is 2.27. The largest absolute Gasteiger partial charge is 0.389 e. The maximum Gasteiger partial charge on any atom is 0.0765 e. The van der Waals surface area contributed by atoms with Crippen molar-refractivity contribution in [2.45, 2.75) is 51.8 Å². The molecule has 3 nitrogen and oxygen atoms in total. The smallest absolute Gasteiger partial charge is 0.0765 e. The molecule has 4 heteroatoms. The Balaban J connectivity index is 2.05. The summed E-state index contributed by atoms with van der Waals surface area (Å²) in [4.78, 5) is 2.20. The van der Waals surface area contributed by atoms with Gasteiger partial charge in [0.05, 0.1) is 5.60 Å². The minimum absolute atomic E-state index is 0.635. The van der Waals surface area contributed by atoms with Crippen LogP contribution < -0.4 is 10.2 Å². The van der Waals surface area contributed by atoms with Gasteiger partial charge in [0.2, 0.25) is 0 Å². The second kappa shape index (κ2) is 6.46. The maximum atomic E-state index is 9.99. The molecule has 2 N–H and O–H groups in total. The molecule has 1 aromatic rings. The van der Waals surface area contributed by atoms with Gasteiger partial charge in [-0.3, -0.25) is 0 Å². The highest BCUT2D eigenvalue weighted by molar-refractivity contribution is 9.10. The van der Waals surface area contributed by atoms with Gasteiger partial charge in [-0.05, 0) is 51.3 Å². The van der Waals surface area contributed by atoms with Crippen LogP contribution in [0, 0.1) is 0 Å². The van der Waals surface area contributed by atoms with Crippen LogP contribution in [-0.2, 0) is 6.54 Å². The van der Waals surface area contributed by atoms with E-state index in [4.69, 9.17) is 0 Å². The number of benzene rings is 1. The number of nitrogens with one attached hydrogen (secondary N) is 1. The monoisotopic (exact) mass is 340 g/mol. The van der Waals surface area contributed by atoms with Crippen LogP contribution >= 0.6 is 15.9 Å². The Kier molecular flexibility index (Phi) is 5.10. The van der Waals surface area contributed by atoms with Crippen LogP contribution in [0.15, 0.2) is 22.7 Å². The molecule has 0 unspecified atom stereocenters. The number of nitrogens with zero attached hydrogens (tertiary/aromatic N) is 1. The first-order chi connectivity index (χ1) is 9.39. The van der Waals surface area contributed by atoms with Gasteiger partial charge >= 0.3 is 0 Å². The lowest BCUT2D eigenvalue weighted by Crippen LogP contribution is -2.38. The minimum atomic E-state index is -0.686. The molecule has 1 saturated carbocycles. The van der Waals surface area contributed by atoms with Crippen molar-refractivity contribution in [3.63, 3.8) is 0 Å². The van der Waals surface area contributed by atoms with E-state index in [9.17, 15) is 5.11 Å². The van der Waals surface area contributed by atoms with Crippen LogP contribution in [0.5, 0.6) is 0 Å². The highest BCUT2D eigenvalue weighted by atomic mass is 79.9. The molecular weight excluding hydrogens is 316 g/mol. The summed E-state index contributed by atoms with van der Waals surface area (Å²) >= 11 is 3.67. The lowest BCUT2D eigenvalue weighted by atomic mass is 10.1. The van der Waals surface area contributed by atoms with Gasteiger partial charge in [0.15, 0.2) is 0 Å². The second-order valence-corrected chi connectivity index (χ2v) is 7.11. The van der Waals surface area contributed by atoms with Gasteiger partial charge in [-0.15, -0.1) is 0 Å². The first kappa shape index (κ1) is 15.8. The number of likely N-dealkylation sites (N-methyl/N-ethyl adjacent to an activating group) is 1. The number of aliphatic hydroxyl groups is 1. The predicted octanol–water partition coefficient (Wildman–Crippen LogP) is 3.30. The zero-order chi connectivity index (χ0) is 14.8. The summed E-state index contributed by atoms with van der Waals surface area (Å²) in [6, 6.07) is 7.19. The third-order valence-corrected chi connectivity index (χ3v) is 4.26. The average molecular weight is 341 g/mol. The highest BCUT2D eigenvalue weighted by Crippen LogP contribution is 2.26. The predicted molar refractivity (Wildman–Crippen MR) is 88.2 cm³/mol. The zero-order valence-electron chi connectivity index (χ0n) is 12.6. The molecular formula is C16H25BrN2O.